The van der Waals surface area contributed by atoms with Gasteiger partial charge in [0.2, 0.25) is 0 Å². The Labute approximate surface area is 129 Å². The fourth-order valence-electron chi connectivity index (χ4n) is 3.10. The van der Waals surface area contributed by atoms with Crippen LogP contribution in [0.2, 0.25) is 0 Å². The first-order valence-electron chi connectivity index (χ1n) is 7.50. The lowest BCUT2D eigenvalue weighted by Crippen LogP contribution is -2.05. The third kappa shape index (κ3) is 1.69. The number of nitrogens with zero attached hydrogens (tertiary/aromatic N) is 2. The summed E-state index contributed by atoms with van der Waals surface area (Å²) in [6.45, 7) is 4.18. The van der Waals surface area contributed by atoms with E-state index < -0.39 is 0 Å². The lowest BCUT2D eigenvalue weighted by Gasteiger charge is -2.10. The Morgan fingerprint density at radius 3 is 2.23 bits per heavy atom. The van der Waals surface area contributed by atoms with Crippen LogP contribution in [-0.4, -0.2) is 15.6 Å². The summed E-state index contributed by atoms with van der Waals surface area (Å²) in [5.41, 5.74) is 5.23. The van der Waals surface area contributed by atoms with Gasteiger partial charge >= 0.3 is 0 Å². The molecule has 4 rings (SSSR count). The van der Waals surface area contributed by atoms with Gasteiger partial charge < -0.3 is 0 Å². The van der Waals surface area contributed by atoms with E-state index in [0.29, 0.717) is 0 Å². The molecule has 108 valence electrons. The number of carbonyl (C=O) groups excluding carboxylic acids is 1. The zero-order valence-corrected chi connectivity index (χ0v) is 12.6. The van der Waals surface area contributed by atoms with Crippen molar-refractivity contribution in [3.05, 3.63) is 65.7 Å². The van der Waals surface area contributed by atoms with Gasteiger partial charge in [0, 0.05) is 22.7 Å². The van der Waals surface area contributed by atoms with Crippen LogP contribution in [0.4, 0.5) is 0 Å². The molecule has 1 aliphatic carbocycles. The van der Waals surface area contributed by atoms with Crippen LogP contribution in [0.15, 0.2) is 54.6 Å². The number of aromatic nitrogens is 2. The minimum Gasteiger partial charge on any atom is -0.288 e. The summed E-state index contributed by atoms with van der Waals surface area (Å²) in [5.74, 6) is 0.0800. The monoisotopic (exact) mass is 288 g/mol. The Morgan fingerprint density at radius 2 is 1.55 bits per heavy atom. The molecule has 3 nitrogen and oxygen atoms in total. The smallest absolute Gasteiger partial charge is 0.198 e. The molecule has 0 radical (unpaired) electrons. The summed E-state index contributed by atoms with van der Waals surface area (Å²) in [7, 11) is 0. The second kappa shape index (κ2) is 4.67. The van der Waals surface area contributed by atoms with Crippen molar-refractivity contribution in [1.29, 1.82) is 0 Å². The van der Waals surface area contributed by atoms with Gasteiger partial charge in [0.15, 0.2) is 5.78 Å². The maximum atomic E-state index is 12.9. The predicted octanol–water partition coefficient (Wildman–Crippen LogP) is 4.34. The van der Waals surface area contributed by atoms with Crippen LogP contribution in [-0.2, 0) is 0 Å². The van der Waals surface area contributed by atoms with Crippen molar-refractivity contribution in [2.75, 3.05) is 0 Å². The Morgan fingerprint density at radius 1 is 0.909 bits per heavy atom. The van der Waals surface area contributed by atoms with Gasteiger partial charge in [0.25, 0.3) is 0 Å². The number of hydrogen-bond donors (Lipinski definition) is 0. The van der Waals surface area contributed by atoms with Crippen molar-refractivity contribution >= 4 is 5.78 Å². The van der Waals surface area contributed by atoms with Crippen molar-refractivity contribution in [1.82, 2.24) is 9.78 Å². The molecular formula is C19H16N2O. The maximum Gasteiger partial charge on any atom is 0.198 e. The minimum atomic E-state index is 0.0800. The molecule has 3 heteroatoms. The molecule has 0 spiro atoms. The van der Waals surface area contributed by atoms with E-state index in [4.69, 9.17) is 5.10 Å². The van der Waals surface area contributed by atoms with Crippen molar-refractivity contribution in [3.8, 4) is 22.5 Å². The van der Waals surface area contributed by atoms with Gasteiger partial charge in [0.05, 0.1) is 11.3 Å². The molecule has 3 aromatic rings. The van der Waals surface area contributed by atoms with Gasteiger partial charge in [-0.25, -0.2) is 0 Å². The third-order valence-electron chi connectivity index (χ3n) is 4.10. The van der Waals surface area contributed by atoms with E-state index >= 15 is 0 Å². The molecule has 0 aliphatic heterocycles. The van der Waals surface area contributed by atoms with Gasteiger partial charge in [-0.15, -0.1) is 0 Å². The fourth-order valence-corrected chi connectivity index (χ4v) is 3.10. The summed E-state index contributed by atoms with van der Waals surface area (Å²) < 4.78 is 1.97. The molecule has 2 aromatic carbocycles. The van der Waals surface area contributed by atoms with Crippen LogP contribution in [0.1, 0.15) is 35.8 Å². The quantitative estimate of drug-likeness (QED) is 0.550. The summed E-state index contributed by atoms with van der Waals surface area (Å²) in [6, 6.07) is 17.9. The second-order valence-electron chi connectivity index (χ2n) is 5.85. The van der Waals surface area contributed by atoms with Crippen LogP contribution >= 0.6 is 0 Å². The molecule has 1 aliphatic rings. The first-order valence-corrected chi connectivity index (χ1v) is 7.50. The average Bonchev–Trinajstić information content (AvgIpc) is 3.07. The number of ketones is 1. The number of fused-ring (bicyclic) bond motifs is 3. The molecule has 0 N–H and O–H groups in total. The van der Waals surface area contributed by atoms with Gasteiger partial charge in [-0.05, 0) is 13.8 Å². The van der Waals surface area contributed by atoms with Gasteiger partial charge in [-0.3, -0.25) is 9.48 Å². The molecule has 1 aromatic heterocycles. The molecular weight excluding hydrogens is 272 g/mol. The van der Waals surface area contributed by atoms with Crippen LogP contribution in [0.3, 0.4) is 0 Å². The van der Waals surface area contributed by atoms with E-state index in [9.17, 15) is 4.79 Å². The highest BCUT2D eigenvalue weighted by Crippen LogP contribution is 2.42. The van der Waals surface area contributed by atoms with E-state index in [-0.39, 0.29) is 11.8 Å². The van der Waals surface area contributed by atoms with E-state index in [1.165, 1.54) is 0 Å². The van der Waals surface area contributed by atoms with Gasteiger partial charge in [-0.1, -0.05) is 54.6 Å². The summed E-state index contributed by atoms with van der Waals surface area (Å²) in [4.78, 5) is 12.9. The van der Waals surface area contributed by atoms with Crippen molar-refractivity contribution in [3.63, 3.8) is 0 Å². The fraction of sp³-hybridized carbons (Fsp3) is 0.158. The summed E-state index contributed by atoms with van der Waals surface area (Å²) >= 11 is 0. The van der Waals surface area contributed by atoms with E-state index in [1.54, 1.807) is 0 Å². The molecule has 0 fully saturated rings. The van der Waals surface area contributed by atoms with Crippen molar-refractivity contribution in [2.24, 2.45) is 0 Å². The molecule has 0 amide bonds. The summed E-state index contributed by atoms with van der Waals surface area (Å²) in [5, 5.41) is 4.75. The van der Waals surface area contributed by atoms with Crippen LogP contribution in [0, 0.1) is 0 Å². The summed E-state index contributed by atoms with van der Waals surface area (Å²) in [6.07, 6.45) is 0. The molecule has 0 unspecified atom stereocenters. The predicted molar refractivity (Wildman–Crippen MR) is 86.9 cm³/mol. The van der Waals surface area contributed by atoms with Gasteiger partial charge in [-0.2, -0.15) is 5.10 Å². The molecule has 1 heterocycles. The van der Waals surface area contributed by atoms with E-state index in [0.717, 1.165) is 33.6 Å². The van der Waals surface area contributed by atoms with Crippen molar-refractivity contribution in [2.45, 2.75) is 19.9 Å². The topological polar surface area (TPSA) is 34.9 Å². The number of carbonyl (C=O) groups is 1. The standard InChI is InChI=1S/C19H16N2O/c1-12(2)21-18-14-10-6-7-11-15(14)19(22)16(18)17(20-21)13-8-4-3-5-9-13/h3-12H,1-2H3. The van der Waals surface area contributed by atoms with Gasteiger partial charge in [0.1, 0.15) is 5.69 Å². The van der Waals surface area contributed by atoms with Crippen LogP contribution < -0.4 is 0 Å². The molecule has 0 saturated heterocycles. The van der Waals surface area contributed by atoms with Crippen LogP contribution in [0.5, 0.6) is 0 Å². The lowest BCUT2D eigenvalue weighted by atomic mass is 10.0. The first kappa shape index (κ1) is 13.0. The Hall–Kier alpha value is -2.68. The zero-order valence-electron chi connectivity index (χ0n) is 12.6. The third-order valence-corrected chi connectivity index (χ3v) is 4.10. The molecule has 0 atom stereocenters. The number of hydrogen-bond acceptors (Lipinski definition) is 2. The highest BCUT2D eigenvalue weighted by molar-refractivity contribution is 6.23. The largest absolute Gasteiger partial charge is 0.288 e. The average molecular weight is 288 g/mol. The highest BCUT2D eigenvalue weighted by Gasteiger charge is 2.35. The normalized spacial score (nSPS) is 12.6. The first-order chi connectivity index (χ1) is 10.7. The second-order valence-corrected chi connectivity index (χ2v) is 5.85. The van der Waals surface area contributed by atoms with Crippen molar-refractivity contribution < 1.29 is 4.79 Å². The highest BCUT2D eigenvalue weighted by atomic mass is 16.1. The van der Waals surface area contributed by atoms with E-state index in [2.05, 4.69) is 13.8 Å². The van der Waals surface area contributed by atoms with Crippen LogP contribution in [0.25, 0.3) is 22.5 Å². The Bertz CT molecular complexity index is 876. The van der Waals surface area contributed by atoms with E-state index in [1.807, 2.05) is 59.3 Å². The maximum absolute atomic E-state index is 12.9. The molecule has 22 heavy (non-hydrogen) atoms. The number of benzene rings is 2. The Kier molecular flexibility index (Phi) is 2.76. The molecule has 0 saturated carbocycles. The minimum absolute atomic E-state index is 0.0800. The Balaban J connectivity index is 2.06. The SMILES string of the molecule is CC(C)n1nc(-c2ccccc2)c2c1-c1ccccc1C2=O. The lowest BCUT2D eigenvalue weighted by molar-refractivity contribution is 0.104. The zero-order chi connectivity index (χ0) is 15.3. The number of rotatable bonds is 2. The molecule has 0 bridgehead atoms.